The van der Waals surface area contributed by atoms with Gasteiger partial charge in [0.05, 0.1) is 0 Å². The molecule has 0 aliphatic carbocycles. The Morgan fingerprint density at radius 2 is 2.14 bits per heavy atom. The zero-order valence-electron chi connectivity index (χ0n) is 9.24. The lowest BCUT2D eigenvalue weighted by Crippen LogP contribution is -2.03. The molecule has 0 saturated heterocycles. The molecule has 0 spiro atoms. The van der Waals surface area contributed by atoms with Crippen LogP contribution in [0.2, 0.25) is 0 Å². The molecule has 0 fully saturated rings. The summed E-state index contributed by atoms with van der Waals surface area (Å²) in [5.41, 5.74) is 1.16. The van der Waals surface area contributed by atoms with Gasteiger partial charge in [0.25, 0.3) is 0 Å². The number of hydrogen-bond acceptors (Lipinski definition) is 0. The maximum absolute atomic E-state index is 3.91. The highest BCUT2D eigenvalue weighted by atomic mass is 15.0. The van der Waals surface area contributed by atoms with Gasteiger partial charge in [-0.2, -0.15) is 0 Å². The molecule has 14 heavy (non-hydrogen) atoms. The van der Waals surface area contributed by atoms with Crippen molar-refractivity contribution in [2.75, 3.05) is 6.54 Å². The van der Waals surface area contributed by atoms with E-state index in [1.807, 2.05) is 25.4 Å². The van der Waals surface area contributed by atoms with E-state index in [2.05, 4.69) is 36.8 Å². The summed E-state index contributed by atoms with van der Waals surface area (Å²) < 4.78 is 2.08. The second-order valence-corrected chi connectivity index (χ2v) is 2.95. The van der Waals surface area contributed by atoms with E-state index < -0.39 is 0 Å². The maximum atomic E-state index is 3.91. The fourth-order valence-electron chi connectivity index (χ4n) is 0.883. The molecule has 0 amide bonds. The van der Waals surface area contributed by atoms with E-state index in [0.29, 0.717) is 0 Å². The molecular formula is C13H20N+. The lowest BCUT2D eigenvalue weighted by Gasteiger charge is -1.92. The summed E-state index contributed by atoms with van der Waals surface area (Å²) in [4.78, 5) is 0. The first-order chi connectivity index (χ1) is 6.74. The highest BCUT2D eigenvalue weighted by molar-refractivity contribution is 5.47. The Morgan fingerprint density at radius 1 is 1.43 bits per heavy atom. The standard InChI is InChI=1S/C13H20N/c1-5-8-11-14(7-3)12-9-10-13(4)6-2/h5,7-11H,1,4,6,12H2,2-3H3/q+1/b10-9+,11-8-,14-7?. The van der Waals surface area contributed by atoms with Gasteiger partial charge in [-0.05, 0) is 12.5 Å². The molecule has 0 heterocycles. The summed E-state index contributed by atoms with van der Waals surface area (Å²) in [6.45, 7) is 12.5. The number of hydrogen-bond donors (Lipinski definition) is 0. The molecule has 1 nitrogen and oxygen atoms in total. The average Bonchev–Trinajstić information content (AvgIpc) is 2.22. The molecule has 0 rings (SSSR count). The average molecular weight is 190 g/mol. The monoisotopic (exact) mass is 190 g/mol. The predicted molar refractivity (Wildman–Crippen MR) is 64.8 cm³/mol. The van der Waals surface area contributed by atoms with Gasteiger partial charge in [0.1, 0.15) is 6.21 Å². The fourth-order valence-corrected chi connectivity index (χ4v) is 0.883. The highest BCUT2D eigenvalue weighted by Crippen LogP contribution is 1.97. The van der Waals surface area contributed by atoms with Gasteiger partial charge in [-0.1, -0.05) is 37.8 Å². The van der Waals surface area contributed by atoms with Crippen LogP contribution in [0.5, 0.6) is 0 Å². The second-order valence-electron chi connectivity index (χ2n) is 2.95. The fraction of sp³-hybridized carbons (Fsp3) is 0.308. The minimum atomic E-state index is 0.875. The molecule has 0 aliphatic rings. The van der Waals surface area contributed by atoms with Crippen LogP contribution >= 0.6 is 0 Å². The number of rotatable bonds is 6. The Bertz CT molecular complexity index is 267. The molecule has 1 heteroatoms. The number of nitrogens with zero attached hydrogens (tertiary/aromatic N) is 1. The summed E-state index contributed by atoms with van der Waals surface area (Å²) in [6.07, 6.45) is 12.9. The Labute approximate surface area is 87.5 Å². The predicted octanol–water partition coefficient (Wildman–Crippen LogP) is 3.31. The van der Waals surface area contributed by atoms with Crippen LogP contribution in [0.1, 0.15) is 20.3 Å². The van der Waals surface area contributed by atoms with Crippen LogP contribution in [0, 0.1) is 0 Å². The van der Waals surface area contributed by atoms with Gasteiger partial charge < -0.3 is 0 Å². The summed E-state index contributed by atoms with van der Waals surface area (Å²) in [5.74, 6) is 0. The Kier molecular flexibility index (Phi) is 7.43. The van der Waals surface area contributed by atoms with Crippen molar-refractivity contribution >= 4 is 6.21 Å². The Hall–Kier alpha value is -1.37. The van der Waals surface area contributed by atoms with Crippen molar-refractivity contribution in [2.45, 2.75) is 20.3 Å². The quantitative estimate of drug-likeness (QED) is 0.343. The van der Waals surface area contributed by atoms with Crippen LogP contribution in [0.4, 0.5) is 0 Å². The summed E-state index contributed by atoms with van der Waals surface area (Å²) in [6, 6.07) is 0. The number of allylic oxidation sites excluding steroid dienone is 4. The van der Waals surface area contributed by atoms with Crippen molar-refractivity contribution in [1.29, 1.82) is 0 Å². The zero-order chi connectivity index (χ0) is 10.8. The molecule has 0 saturated carbocycles. The zero-order valence-corrected chi connectivity index (χ0v) is 9.24. The Balaban J connectivity index is 4.09. The smallest absolute Gasteiger partial charge is 0.168 e. The molecule has 0 aliphatic heterocycles. The van der Waals surface area contributed by atoms with Crippen LogP contribution in [0.15, 0.2) is 49.2 Å². The summed E-state index contributed by atoms with van der Waals surface area (Å²) in [7, 11) is 0. The molecule has 0 aromatic rings. The van der Waals surface area contributed by atoms with E-state index in [1.54, 1.807) is 6.08 Å². The van der Waals surface area contributed by atoms with Crippen molar-refractivity contribution in [1.82, 2.24) is 0 Å². The molecule has 0 unspecified atom stereocenters. The first kappa shape index (κ1) is 12.6. The molecular weight excluding hydrogens is 170 g/mol. The Morgan fingerprint density at radius 3 is 2.64 bits per heavy atom. The van der Waals surface area contributed by atoms with Crippen LogP contribution in [-0.2, 0) is 0 Å². The van der Waals surface area contributed by atoms with Gasteiger partial charge in [0.15, 0.2) is 12.7 Å². The van der Waals surface area contributed by atoms with Gasteiger partial charge in [0, 0.05) is 13.0 Å². The van der Waals surface area contributed by atoms with Crippen LogP contribution in [-0.4, -0.2) is 17.3 Å². The largest absolute Gasteiger partial charge is 0.205 e. The minimum Gasteiger partial charge on any atom is -0.205 e. The van der Waals surface area contributed by atoms with Gasteiger partial charge in [-0.3, -0.25) is 0 Å². The van der Waals surface area contributed by atoms with E-state index in [0.717, 1.165) is 18.5 Å². The van der Waals surface area contributed by atoms with Crippen molar-refractivity contribution in [2.24, 2.45) is 0 Å². The van der Waals surface area contributed by atoms with Crippen molar-refractivity contribution in [3.63, 3.8) is 0 Å². The molecule has 0 aromatic heterocycles. The lowest BCUT2D eigenvalue weighted by molar-refractivity contribution is -0.440. The van der Waals surface area contributed by atoms with Gasteiger partial charge in [-0.25, -0.2) is 4.58 Å². The van der Waals surface area contributed by atoms with E-state index in [4.69, 9.17) is 0 Å². The summed E-state index contributed by atoms with van der Waals surface area (Å²) in [5, 5.41) is 0. The molecule has 0 aromatic carbocycles. The van der Waals surface area contributed by atoms with Gasteiger partial charge in [-0.15, -0.1) is 0 Å². The van der Waals surface area contributed by atoms with E-state index >= 15 is 0 Å². The molecule has 0 N–H and O–H groups in total. The van der Waals surface area contributed by atoms with E-state index in [1.165, 1.54) is 0 Å². The van der Waals surface area contributed by atoms with E-state index in [9.17, 15) is 0 Å². The van der Waals surface area contributed by atoms with Crippen LogP contribution < -0.4 is 0 Å². The van der Waals surface area contributed by atoms with Crippen molar-refractivity contribution in [3.8, 4) is 0 Å². The molecule has 0 atom stereocenters. The third-order valence-electron chi connectivity index (χ3n) is 1.87. The molecule has 0 radical (unpaired) electrons. The second kappa shape index (κ2) is 8.24. The first-order valence-corrected chi connectivity index (χ1v) is 4.93. The van der Waals surface area contributed by atoms with Gasteiger partial charge >= 0.3 is 0 Å². The van der Waals surface area contributed by atoms with Crippen molar-refractivity contribution < 1.29 is 4.58 Å². The van der Waals surface area contributed by atoms with Crippen molar-refractivity contribution in [3.05, 3.63) is 49.2 Å². The molecule has 0 bridgehead atoms. The lowest BCUT2D eigenvalue weighted by atomic mass is 10.2. The maximum Gasteiger partial charge on any atom is 0.168 e. The van der Waals surface area contributed by atoms with E-state index in [-0.39, 0.29) is 0 Å². The summed E-state index contributed by atoms with van der Waals surface area (Å²) >= 11 is 0. The minimum absolute atomic E-state index is 0.875. The van der Waals surface area contributed by atoms with Crippen LogP contribution in [0.3, 0.4) is 0 Å². The SMILES string of the molecule is C=C/C=C\[N+](=CC)C/C=C/C(=C)CC. The topological polar surface area (TPSA) is 3.01 Å². The highest BCUT2D eigenvalue weighted by Gasteiger charge is 1.91. The first-order valence-electron chi connectivity index (χ1n) is 4.93. The van der Waals surface area contributed by atoms with Gasteiger partial charge in [0.2, 0.25) is 0 Å². The molecule has 76 valence electrons. The normalized spacial score (nSPS) is 12.6. The third kappa shape index (κ3) is 6.18. The third-order valence-corrected chi connectivity index (χ3v) is 1.87. The van der Waals surface area contributed by atoms with Crippen LogP contribution in [0.25, 0.3) is 0 Å².